The third-order valence-electron chi connectivity index (χ3n) is 6.53. The average Bonchev–Trinajstić information content (AvgIpc) is 2.90. The first kappa shape index (κ1) is 29.5. The lowest BCUT2D eigenvalue weighted by Gasteiger charge is -2.28. The van der Waals surface area contributed by atoms with Crippen molar-refractivity contribution < 1.29 is 28.8 Å². The molecule has 0 saturated heterocycles. The zero-order valence-electron chi connectivity index (χ0n) is 23.9. The van der Waals surface area contributed by atoms with Gasteiger partial charge >= 0.3 is 0 Å². The van der Waals surface area contributed by atoms with Gasteiger partial charge in [-0.2, -0.15) is 0 Å². The van der Waals surface area contributed by atoms with Crippen LogP contribution in [0.3, 0.4) is 0 Å². The van der Waals surface area contributed by atoms with E-state index in [4.69, 9.17) is 23.7 Å². The lowest BCUT2D eigenvalue weighted by molar-refractivity contribution is 0.171. The standard InChI is InChI=1S/C32H46O6/c1-6-10-14-34-24-19-28(35-15-11-7-2)26-21-27(33)32(38-29(26)20-24)25-22-31(37-17-13-9-4)30(18-23(25)5)36-16-12-8-3/h18-22,32-33H,6-17H2,1-5H3/t32-/m0/s1. The van der Waals surface area contributed by atoms with E-state index in [-0.39, 0.29) is 5.76 Å². The van der Waals surface area contributed by atoms with E-state index in [0.717, 1.165) is 73.8 Å². The number of aliphatic hydroxyl groups is 1. The number of ether oxygens (including phenoxy) is 5. The van der Waals surface area contributed by atoms with Crippen molar-refractivity contribution in [2.75, 3.05) is 26.4 Å². The summed E-state index contributed by atoms with van der Waals surface area (Å²) in [6, 6.07) is 7.73. The number of aryl methyl sites for hydroxylation is 1. The molecule has 210 valence electrons. The number of aliphatic hydroxyl groups excluding tert-OH is 1. The molecular formula is C32H46O6. The molecule has 6 nitrogen and oxygen atoms in total. The minimum atomic E-state index is -0.671. The molecular weight excluding hydrogens is 480 g/mol. The van der Waals surface area contributed by atoms with Crippen LogP contribution < -0.4 is 23.7 Å². The largest absolute Gasteiger partial charge is 0.508 e. The summed E-state index contributed by atoms with van der Waals surface area (Å²) in [6.07, 6.45) is 9.13. The van der Waals surface area contributed by atoms with Gasteiger partial charge in [-0.25, -0.2) is 0 Å². The molecule has 0 fully saturated rings. The summed E-state index contributed by atoms with van der Waals surface area (Å²) >= 11 is 0. The molecule has 0 unspecified atom stereocenters. The van der Waals surface area contributed by atoms with Crippen LogP contribution in [-0.2, 0) is 0 Å². The molecule has 0 saturated carbocycles. The molecule has 0 bridgehead atoms. The van der Waals surface area contributed by atoms with Crippen LogP contribution in [-0.4, -0.2) is 31.5 Å². The lowest BCUT2D eigenvalue weighted by Crippen LogP contribution is -2.17. The number of unbranched alkanes of at least 4 members (excludes halogenated alkanes) is 4. The average molecular weight is 527 g/mol. The Balaban J connectivity index is 1.95. The summed E-state index contributed by atoms with van der Waals surface area (Å²) in [5.74, 6) is 3.53. The Labute approximate surface area is 228 Å². The third-order valence-corrected chi connectivity index (χ3v) is 6.53. The molecule has 1 N–H and O–H groups in total. The van der Waals surface area contributed by atoms with Crippen LogP contribution in [0.2, 0.25) is 0 Å². The Morgan fingerprint density at radius 2 is 1.21 bits per heavy atom. The van der Waals surface area contributed by atoms with Gasteiger partial charge in [-0.15, -0.1) is 0 Å². The van der Waals surface area contributed by atoms with E-state index in [9.17, 15) is 5.11 Å². The van der Waals surface area contributed by atoms with E-state index in [2.05, 4.69) is 27.7 Å². The number of rotatable bonds is 17. The monoisotopic (exact) mass is 526 g/mol. The van der Waals surface area contributed by atoms with E-state index in [1.165, 1.54) is 0 Å². The van der Waals surface area contributed by atoms with Crippen molar-refractivity contribution >= 4 is 6.08 Å². The van der Waals surface area contributed by atoms with E-state index in [1.54, 1.807) is 6.08 Å². The van der Waals surface area contributed by atoms with Crippen molar-refractivity contribution in [3.63, 3.8) is 0 Å². The molecule has 0 aliphatic carbocycles. The number of hydrogen-bond donors (Lipinski definition) is 1. The van der Waals surface area contributed by atoms with Gasteiger partial charge in [0.2, 0.25) is 0 Å². The fourth-order valence-corrected chi connectivity index (χ4v) is 4.15. The maximum absolute atomic E-state index is 11.2. The highest BCUT2D eigenvalue weighted by atomic mass is 16.5. The molecule has 0 amide bonds. The van der Waals surface area contributed by atoms with E-state index < -0.39 is 6.10 Å². The van der Waals surface area contributed by atoms with Crippen LogP contribution in [0.25, 0.3) is 6.08 Å². The highest BCUT2D eigenvalue weighted by molar-refractivity contribution is 5.70. The third kappa shape index (κ3) is 7.99. The van der Waals surface area contributed by atoms with Crippen molar-refractivity contribution in [3.8, 4) is 28.7 Å². The van der Waals surface area contributed by atoms with Gasteiger partial charge in [-0.3, -0.25) is 0 Å². The molecule has 1 atom stereocenters. The molecule has 38 heavy (non-hydrogen) atoms. The van der Waals surface area contributed by atoms with Crippen LogP contribution in [0, 0.1) is 6.92 Å². The second-order valence-electron chi connectivity index (χ2n) is 9.86. The summed E-state index contributed by atoms with van der Waals surface area (Å²) in [7, 11) is 0. The van der Waals surface area contributed by atoms with Crippen LogP contribution in [0.4, 0.5) is 0 Å². The second-order valence-corrected chi connectivity index (χ2v) is 9.86. The van der Waals surface area contributed by atoms with Gasteiger partial charge in [0.1, 0.15) is 23.0 Å². The van der Waals surface area contributed by atoms with Crippen LogP contribution in [0.1, 0.15) is 102 Å². The van der Waals surface area contributed by atoms with Crippen molar-refractivity contribution in [1.82, 2.24) is 0 Å². The summed E-state index contributed by atoms with van der Waals surface area (Å²) in [5.41, 5.74) is 2.53. The zero-order chi connectivity index (χ0) is 27.3. The summed E-state index contributed by atoms with van der Waals surface area (Å²) in [4.78, 5) is 0. The highest BCUT2D eigenvalue weighted by Gasteiger charge is 2.29. The summed E-state index contributed by atoms with van der Waals surface area (Å²) < 4.78 is 30.7. The molecule has 2 aromatic carbocycles. The Morgan fingerprint density at radius 3 is 1.79 bits per heavy atom. The fraction of sp³-hybridized carbons (Fsp3) is 0.562. The van der Waals surface area contributed by atoms with Gasteiger partial charge in [-0.1, -0.05) is 53.4 Å². The fourth-order valence-electron chi connectivity index (χ4n) is 4.15. The highest BCUT2D eigenvalue weighted by Crippen LogP contribution is 2.45. The predicted octanol–water partition coefficient (Wildman–Crippen LogP) is 8.74. The normalized spacial score (nSPS) is 14.3. The van der Waals surface area contributed by atoms with Gasteiger partial charge in [-0.05, 0) is 56.4 Å². The van der Waals surface area contributed by atoms with Gasteiger partial charge in [0.15, 0.2) is 17.6 Å². The quantitative estimate of drug-likeness (QED) is 0.208. The zero-order valence-corrected chi connectivity index (χ0v) is 23.9. The van der Waals surface area contributed by atoms with Crippen LogP contribution in [0.15, 0.2) is 30.0 Å². The van der Waals surface area contributed by atoms with E-state index in [0.29, 0.717) is 49.4 Å². The minimum absolute atomic E-state index is 0.125. The van der Waals surface area contributed by atoms with Crippen molar-refractivity contribution in [1.29, 1.82) is 0 Å². The van der Waals surface area contributed by atoms with E-state index in [1.807, 2.05) is 31.2 Å². The molecule has 2 aromatic rings. The molecule has 0 spiro atoms. The number of hydrogen-bond acceptors (Lipinski definition) is 6. The number of benzene rings is 2. The molecule has 6 heteroatoms. The van der Waals surface area contributed by atoms with Gasteiger partial charge < -0.3 is 28.8 Å². The minimum Gasteiger partial charge on any atom is -0.508 e. The van der Waals surface area contributed by atoms with Crippen molar-refractivity contribution in [2.24, 2.45) is 0 Å². The lowest BCUT2D eigenvalue weighted by atomic mass is 9.97. The molecule has 1 aliphatic rings. The Hall–Kier alpha value is -3.02. The maximum atomic E-state index is 11.2. The van der Waals surface area contributed by atoms with Crippen molar-refractivity contribution in [3.05, 3.63) is 46.7 Å². The SMILES string of the molecule is CCCCOc1cc(OCCCC)c2c(c1)O[C@@H](c1cc(OCCCC)c(OCCCC)cc1C)C(O)=C2. The molecule has 1 aliphatic heterocycles. The molecule has 3 rings (SSSR count). The maximum Gasteiger partial charge on any atom is 0.181 e. The van der Waals surface area contributed by atoms with Gasteiger partial charge in [0.05, 0.1) is 32.0 Å². The Morgan fingerprint density at radius 1 is 0.684 bits per heavy atom. The van der Waals surface area contributed by atoms with Crippen molar-refractivity contribution in [2.45, 2.75) is 92.1 Å². The molecule has 0 radical (unpaired) electrons. The first-order chi connectivity index (χ1) is 18.5. The Bertz CT molecular complexity index is 1040. The van der Waals surface area contributed by atoms with Gasteiger partial charge in [0.25, 0.3) is 0 Å². The summed E-state index contributed by atoms with van der Waals surface area (Å²) in [5, 5.41) is 11.2. The molecule has 1 heterocycles. The smallest absolute Gasteiger partial charge is 0.181 e. The van der Waals surface area contributed by atoms with Crippen LogP contribution >= 0.6 is 0 Å². The first-order valence-corrected chi connectivity index (χ1v) is 14.4. The second kappa shape index (κ2) is 15.4. The first-order valence-electron chi connectivity index (χ1n) is 14.4. The predicted molar refractivity (Wildman–Crippen MR) is 153 cm³/mol. The van der Waals surface area contributed by atoms with Gasteiger partial charge in [0, 0.05) is 17.7 Å². The van der Waals surface area contributed by atoms with E-state index >= 15 is 0 Å². The molecule has 0 aromatic heterocycles. The Kier molecular flexibility index (Phi) is 12.0. The number of fused-ring (bicyclic) bond motifs is 1. The topological polar surface area (TPSA) is 66.4 Å². The van der Waals surface area contributed by atoms with Crippen LogP contribution in [0.5, 0.6) is 28.7 Å². The summed E-state index contributed by atoms with van der Waals surface area (Å²) in [6.45, 7) is 13.0.